The molecular formula is C12H16BrNO2. The third-order valence-corrected chi connectivity index (χ3v) is 4.23. The summed E-state index contributed by atoms with van der Waals surface area (Å²) in [6.45, 7) is 4.29. The molecule has 0 radical (unpaired) electrons. The molecule has 0 unspecified atom stereocenters. The molecule has 1 aliphatic carbocycles. The Balaban J connectivity index is 2.43. The van der Waals surface area contributed by atoms with Gasteiger partial charge in [0.1, 0.15) is 0 Å². The molecule has 0 bridgehead atoms. The van der Waals surface area contributed by atoms with Crippen LogP contribution in [0.5, 0.6) is 11.5 Å². The molecular weight excluding hydrogens is 270 g/mol. The molecule has 0 aliphatic heterocycles. The summed E-state index contributed by atoms with van der Waals surface area (Å²) in [6.07, 6.45) is 0. The van der Waals surface area contributed by atoms with Gasteiger partial charge in [0.2, 0.25) is 0 Å². The van der Waals surface area contributed by atoms with Gasteiger partial charge >= 0.3 is 0 Å². The van der Waals surface area contributed by atoms with Crippen molar-refractivity contribution in [2.24, 2.45) is 11.1 Å². The summed E-state index contributed by atoms with van der Waals surface area (Å²) in [4.78, 5) is 0. The molecule has 16 heavy (non-hydrogen) atoms. The van der Waals surface area contributed by atoms with Crippen molar-refractivity contribution in [3.63, 3.8) is 0 Å². The second-order valence-electron chi connectivity index (χ2n) is 4.87. The first-order valence-corrected chi connectivity index (χ1v) is 6.01. The third-order valence-electron chi connectivity index (χ3n) is 3.54. The van der Waals surface area contributed by atoms with E-state index in [1.165, 1.54) is 0 Å². The van der Waals surface area contributed by atoms with Gasteiger partial charge in [0.15, 0.2) is 11.5 Å². The van der Waals surface area contributed by atoms with E-state index in [4.69, 9.17) is 10.5 Å². The van der Waals surface area contributed by atoms with E-state index in [1.807, 2.05) is 6.07 Å². The monoisotopic (exact) mass is 285 g/mol. The van der Waals surface area contributed by atoms with Gasteiger partial charge in [-0.1, -0.05) is 29.8 Å². The standard InChI is InChI=1S/C12H16BrNO2/c1-12(2)10(11(12)14)6-4-9(16-3)8(15)5-7(6)13/h4-5,10-11,15H,14H2,1-3H3/t10-,11-/m1/s1. The Labute approximate surface area is 104 Å². The van der Waals surface area contributed by atoms with Crippen LogP contribution in [-0.2, 0) is 0 Å². The molecule has 2 rings (SSSR count). The lowest BCUT2D eigenvalue weighted by Crippen LogP contribution is -2.06. The number of aromatic hydroxyl groups is 1. The van der Waals surface area contributed by atoms with Gasteiger partial charge in [0.05, 0.1) is 7.11 Å². The van der Waals surface area contributed by atoms with Crippen LogP contribution in [0.15, 0.2) is 16.6 Å². The van der Waals surface area contributed by atoms with Crippen molar-refractivity contribution in [3.05, 3.63) is 22.2 Å². The van der Waals surface area contributed by atoms with Crippen molar-refractivity contribution >= 4 is 15.9 Å². The number of phenolic OH excluding ortho intramolecular Hbond substituents is 1. The molecule has 4 heteroatoms. The third kappa shape index (κ3) is 1.60. The van der Waals surface area contributed by atoms with Crippen molar-refractivity contribution < 1.29 is 9.84 Å². The summed E-state index contributed by atoms with van der Waals surface area (Å²) >= 11 is 3.46. The lowest BCUT2D eigenvalue weighted by Gasteiger charge is -2.10. The minimum atomic E-state index is 0.116. The lowest BCUT2D eigenvalue weighted by molar-refractivity contribution is 0.372. The maximum Gasteiger partial charge on any atom is 0.160 e. The predicted octanol–water partition coefficient (Wildman–Crippen LogP) is 2.61. The van der Waals surface area contributed by atoms with Crippen LogP contribution in [0.2, 0.25) is 0 Å². The molecule has 1 fully saturated rings. The molecule has 0 spiro atoms. The van der Waals surface area contributed by atoms with Crippen molar-refractivity contribution in [3.8, 4) is 11.5 Å². The van der Waals surface area contributed by atoms with E-state index in [-0.39, 0.29) is 17.2 Å². The van der Waals surface area contributed by atoms with Crippen LogP contribution in [0.25, 0.3) is 0 Å². The molecule has 88 valence electrons. The Morgan fingerprint density at radius 2 is 2.00 bits per heavy atom. The van der Waals surface area contributed by atoms with Crippen LogP contribution in [0.3, 0.4) is 0 Å². The number of hydrogen-bond acceptors (Lipinski definition) is 3. The zero-order valence-electron chi connectivity index (χ0n) is 9.62. The van der Waals surface area contributed by atoms with Gasteiger partial charge in [-0.3, -0.25) is 0 Å². The molecule has 1 aliphatic rings. The van der Waals surface area contributed by atoms with E-state index in [0.29, 0.717) is 11.7 Å². The van der Waals surface area contributed by atoms with E-state index in [2.05, 4.69) is 29.8 Å². The average molecular weight is 286 g/mol. The number of halogens is 1. The highest BCUT2D eigenvalue weighted by molar-refractivity contribution is 9.10. The Kier molecular flexibility index (Phi) is 2.67. The van der Waals surface area contributed by atoms with Crippen LogP contribution in [-0.4, -0.2) is 18.3 Å². The Morgan fingerprint density at radius 1 is 1.44 bits per heavy atom. The number of phenols is 1. The zero-order valence-corrected chi connectivity index (χ0v) is 11.2. The first kappa shape index (κ1) is 11.7. The van der Waals surface area contributed by atoms with Crippen molar-refractivity contribution in [1.29, 1.82) is 0 Å². The predicted molar refractivity (Wildman–Crippen MR) is 66.9 cm³/mol. The molecule has 0 aromatic heterocycles. The second kappa shape index (κ2) is 3.64. The second-order valence-corrected chi connectivity index (χ2v) is 5.72. The summed E-state index contributed by atoms with van der Waals surface area (Å²) in [5, 5.41) is 9.63. The van der Waals surface area contributed by atoms with E-state index < -0.39 is 0 Å². The fraction of sp³-hybridized carbons (Fsp3) is 0.500. The maximum absolute atomic E-state index is 9.63. The Morgan fingerprint density at radius 3 is 2.44 bits per heavy atom. The number of nitrogens with two attached hydrogens (primary N) is 1. The van der Waals surface area contributed by atoms with Crippen LogP contribution in [0.1, 0.15) is 25.3 Å². The van der Waals surface area contributed by atoms with Crippen LogP contribution in [0.4, 0.5) is 0 Å². The summed E-state index contributed by atoms with van der Waals surface area (Å²) < 4.78 is 6.00. The van der Waals surface area contributed by atoms with Crippen molar-refractivity contribution in [2.75, 3.05) is 7.11 Å². The molecule has 1 aromatic rings. The SMILES string of the molecule is COc1cc([C@@H]2[C@@H](N)C2(C)C)c(Br)cc1O. The summed E-state index contributed by atoms with van der Waals surface area (Å²) in [7, 11) is 1.55. The normalized spacial score (nSPS) is 26.6. The first-order chi connectivity index (χ1) is 7.39. The minimum absolute atomic E-state index is 0.116. The van der Waals surface area contributed by atoms with E-state index in [9.17, 15) is 5.11 Å². The number of methoxy groups -OCH3 is 1. The van der Waals surface area contributed by atoms with Crippen LogP contribution >= 0.6 is 15.9 Å². The van der Waals surface area contributed by atoms with E-state index >= 15 is 0 Å². The molecule has 1 aromatic carbocycles. The molecule has 0 saturated heterocycles. The summed E-state index contributed by atoms with van der Waals surface area (Å²) in [5.74, 6) is 0.953. The molecule has 2 atom stereocenters. The minimum Gasteiger partial charge on any atom is -0.504 e. The highest BCUT2D eigenvalue weighted by Gasteiger charge is 2.56. The number of benzene rings is 1. The smallest absolute Gasteiger partial charge is 0.160 e. The summed E-state index contributed by atoms with van der Waals surface area (Å²) in [5.41, 5.74) is 7.27. The average Bonchev–Trinajstić information content (AvgIpc) is 2.68. The Bertz CT molecular complexity index is 431. The number of hydrogen-bond donors (Lipinski definition) is 2. The topological polar surface area (TPSA) is 55.5 Å². The van der Waals surface area contributed by atoms with Gasteiger partial charge in [0, 0.05) is 16.4 Å². The molecule has 0 amide bonds. The van der Waals surface area contributed by atoms with Gasteiger partial charge in [-0.2, -0.15) is 0 Å². The van der Waals surface area contributed by atoms with Crippen molar-refractivity contribution in [1.82, 2.24) is 0 Å². The molecule has 3 nitrogen and oxygen atoms in total. The van der Waals surface area contributed by atoms with Gasteiger partial charge in [-0.15, -0.1) is 0 Å². The maximum atomic E-state index is 9.63. The largest absolute Gasteiger partial charge is 0.504 e. The molecule has 0 heterocycles. The highest BCUT2D eigenvalue weighted by Crippen LogP contribution is 2.59. The van der Waals surface area contributed by atoms with Gasteiger partial charge in [-0.25, -0.2) is 0 Å². The first-order valence-electron chi connectivity index (χ1n) is 5.21. The van der Waals surface area contributed by atoms with Gasteiger partial charge < -0.3 is 15.6 Å². The number of rotatable bonds is 2. The van der Waals surface area contributed by atoms with E-state index in [0.717, 1.165) is 10.0 Å². The Hall–Kier alpha value is -0.740. The lowest BCUT2D eigenvalue weighted by atomic mass is 10.0. The van der Waals surface area contributed by atoms with Crippen LogP contribution < -0.4 is 10.5 Å². The highest BCUT2D eigenvalue weighted by atomic mass is 79.9. The number of ether oxygens (including phenoxy) is 1. The molecule has 3 N–H and O–H groups in total. The van der Waals surface area contributed by atoms with E-state index in [1.54, 1.807) is 13.2 Å². The van der Waals surface area contributed by atoms with Gasteiger partial charge in [0.25, 0.3) is 0 Å². The fourth-order valence-corrected chi connectivity index (χ4v) is 2.81. The fourth-order valence-electron chi connectivity index (χ4n) is 2.23. The van der Waals surface area contributed by atoms with Gasteiger partial charge in [-0.05, 0) is 23.1 Å². The van der Waals surface area contributed by atoms with Crippen molar-refractivity contribution in [2.45, 2.75) is 25.8 Å². The molecule has 1 saturated carbocycles. The van der Waals surface area contributed by atoms with Crippen LogP contribution in [0, 0.1) is 5.41 Å². The summed E-state index contributed by atoms with van der Waals surface area (Å²) in [6, 6.07) is 3.69. The quantitative estimate of drug-likeness (QED) is 0.878. The zero-order chi connectivity index (χ0) is 12.1.